The first-order chi connectivity index (χ1) is 7.39. The molecule has 0 radical (unpaired) electrons. The number of aromatic nitrogens is 1. The highest BCUT2D eigenvalue weighted by molar-refractivity contribution is 7.19. The predicted octanol–water partition coefficient (Wildman–Crippen LogP) is 5.35. The normalized spacial score (nSPS) is 11.9. The van der Waals surface area contributed by atoms with Gasteiger partial charge < -0.3 is 0 Å². The topological polar surface area (TPSA) is 12.9 Å². The Kier molecular flexibility index (Phi) is 3.98. The molecule has 2 heteroatoms. The van der Waals surface area contributed by atoms with Crippen LogP contribution in [0.5, 0.6) is 0 Å². The highest BCUT2D eigenvalue weighted by atomic mass is 32.1. The molecule has 2 aromatic rings. The fourth-order valence-electron chi connectivity index (χ4n) is 1.83. The molecule has 0 unspecified atom stereocenters. The van der Waals surface area contributed by atoms with Gasteiger partial charge in [0.15, 0.2) is 0 Å². The minimum Gasteiger partial charge on any atom is -0.255 e. The molecule has 94 valence electrons. The molecular formula is C15H23NS. The van der Waals surface area contributed by atoms with Crippen molar-refractivity contribution in [2.45, 2.75) is 53.4 Å². The lowest BCUT2D eigenvalue weighted by molar-refractivity contribution is 0.596. The maximum Gasteiger partial charge on any atom is 0.0815 e. The minimum absolute atomic E-state index is 0. The molecule has 0 aliphatic heterocycles. The van der Waals surface area contributed by atoms with Gasteiger partial charge in [-0.1, -0.05) is 42.0 Å². The molecule has 17 heavy (non-hydrogen) atoms. The third-order valence-corrected chi connectivity index (χ3v) is 4.27. The second-order valence-corrected chi connectivity index (χ2v) is 6.71. The van der Waals surface area contributed by atoms with Crippen LogP contribution < -0.4 is 0 Å². The second-order valence-electron chi connectivity index (χ2n) is 5.63. The van der Waals surface area contributed by atoms with Crippen molar-refractivity contribution in [2.24, 2.45) is 0 Å². The third kappa shape index (κ3) is 2.68. The minimum atomic E-state index is 0. The fourth-order valence-corrected chi connectivity index (χ4v) is 3.17. The van der Waals surface area contributed by atoms with Crippen molar-refractivity contribution in [3.8, 4) is 0 Å². The summed E-state index contributed by atoms with van der Waals surface area (Å²) < 4.78 is 1.36. The lowest BCUT2D eigenvalue weighted by atomic mass is 9.87. The van der Waals surface area contributed by atoms with Gasteiger partial charge in [-0.05, 0) is 29.0 Å². The number of fused-ring (bicyclic) bond motifs is 1. The largest absolute Gasteiger partial charge is 0.255 e. The lowest BCUT2D eigenvalue weighted by Gasteiger charge is -2.19. The van der Waals surface area contributed by atoms with Crippen molar-refractivity contribution in [1.29, 1.82) is 0 Å². The number of thiophene rings is 1. The number of hydrogen-bond donors (Lipinski definition) is 0. The van der Waals surface area contributed by atoms with E-state index in [1.807, 2.05) is 17.5 Å². The molecule has 2 rings (SSSR count). The number of hydrogen-bond acceptors (Lipinski definition) is 2. The summed E-state index contributed by atoms with van der Waals surface area (Å²) in [7, 11) is 0. The molecule has 0 atom stereocenters. The number of nitrogens with zero attached hydrogens (tertiary/aromatic N) is 1. The summed E-state index contributed by atoms with van der Waals surface area (Å²) in [5, 5.41) is 0. The van der Waals surface area contributed by atoms with Crippen LogP contribution in [0.2, 0.25) is 0 Å². The Bertz CT molecular complexity index is 503. The van der Waals surface area contributed by atoms with Gasteiger partial charge in [-0.2, -0.15) is 0 Å². The molecule has 0 bridgehead atoms. The van der Waals surface area contributed by atoms with Crippen LogP contribution in [0.1, 0.15) is 58.4 Å². The molecule has 2 aromatic heterocycles. The van der Waals surface area contributed by atoms with Gasteiger partial charge in [0, 0.05) is 11.1 Å². The van der Waals surface area contributed by atoms with Gasteiger partial charge in [-0.3, -0.25) is 4.98 Å². The second kappa shape index (κ2) is 4.77. The van der Waals surface area contributed by atoms with Crippen molar-refractivity contribution in [3.05, 3.63) is 28.8 Å². The average Bonchev–Trinajstić information content (AvgIpc) is 2.58. The van der Waals surface area contributed by atoms with E-state index >= 15 is 0 Å². The molecule has 0 aliphatic carbocycles. The van der Waals surface area contributed by atoms with Crippen LogP contribution >= 0.6 is 11.3 Å². The zero-order valence-corrected chi connectivity index (χ0v) is 11.5. The van der Waals surface area contributed by atoms with E-state index in [1.54, 1.807) is 0 Å². The van der Waals surface area contributed by atoms with Gasteiger partial charge in [-0.25, -0.2) is 0 Å². The summed E-state index contributed by atoms with van der Waals surface area (Å²) in [6.07, 6.45) is 1.93. The van der Waals surface area contributed by atoms with Crippen molar-refractivity contribution in [2.75, 3.05) is 0 Å². The summed E-state index contributed by atoms with van der Waals surface area (Å²) in [6, 6.07) is 4.39. The maximum absolute atomic E-state index is 4.47. The van der Waals surface area contributed by atoms with Crippen LogP contribution in [0.25, 0.3) is 10.2 Å². The van der Waals surface area contributed by atoms with Crippen LogP contribution in [0.3, 0.4) is 0 Å². The monoisotopic (exact) mass is 249 g/mol. The highest BCUT2D eigenvalue weighted by Crippen LogP contribution is 2.36. The van der Waals surface area contributed by atoms with Crippen molar-refractivity contribution in [3.63, 3.8) is 0 Å². The molecule has 0 spiro atoms. The van der Waals surface area contributed by atoms with E-state index in [1.165, 1.54) is 15.1 Å². The highest BCUT2D eigenvalue weighted by Gasteiger charge is 2.19. The summed E-state index contributed by atoms with van der Waals surface area (Å²) in [5.41, 5.74) is 2.76. The van der Waals surface area contributed by atoms with E-state index < -0.39 is 0 Å². The van der Waals surface area contributed by atoms with Crippen LogP contribution in [-0.2, 0) is 5.41 Å². The molecule has 2 heterocycles. The fraction of sp³-hybridized carbons (Fsp3) is 0.533. The van der Waals surface area contributed by atoms with E-state index in [0.717, 1.165) is 5.52 Å². The predicted molar refractivity (Wildman–Crippen MR) is 79.1 cm³/mol. The van der Waals surface area contributed by atoms with Gasteiger partial charge in [-0.15, -0.1) is 11.3 Å². The zero-order valence-electron chi connectivity index (χ0n) is 10.7. The molecule has 1 nitrogen and oxygen atoms in total. The zero-order chi connectivity index (χ0) is 11.9. The Morgan fingerprint density at radius 2 is 1.88 bits per heavy atom. The van der Waals surface area contributed by atoms with Gasteiger partial charge in [0.2, 0.25) is 0 Å². The molecule has 0 fully saturated rings. The quantitative estimate of drug-likeness (QED) is 0.663. The van der Waals surface area contributed by atoms with Crippen molar-refractivity contribution in [1.82, 2.24) is 4.98 Å². The summed E-state index contributed by atoms with van der Waals surface area (Å²) in [6.45, 7) is 11.3. The molecule has 0 saturated carbocycles. The van der Waals surface area contributed by atoms with Gasteiger partial charge in [0.25, 0.3) is 0 Å². The first kappa shape index (κ1) is 14.2. The maximum atomic E-state index is 4.47. The van der Waals surface area contributed by atoms with Crippen LogP contribution in [0, 0.1) is 0 Å². The molecule has 0 aliphatic rings. The van der Waals surface area contributed by atoms with Crippen LogP contribution in [0.15, 0.2) is 18.3 Å². The smallest absolute Gasteiger partial charge is 0.0815 e. The van der Waals surface area contributed by atoms with Crippen LogP contribution in [-0.4, -0.2) is 4.98 Å². The Labute approximate surface area is 109 Å². The van der Waals surface area contributed by atoms with E-state index in [2.05, 4.69) is 51.7 Å². The number of pyridine rings is 1. The summed E-state index contributed by atoms with van der Waals surface area (Å²) in [5.74, 6) is 0.590. The first-order valence-electron chi connectivity index (χ1n) is 5.78. The molecule has 0 saturated heterocycles. The summed E-state index contributed by atoms with van der Waals surface area (Å²) in [4.78, 5) is 5.90. The molecule has 0 N–H and O–H groups in total. The van der Waals surface area contributed by atoms with Gasteiger partial charge in [0.1, 0.15) is 0 Å². The molecular weight excluding hydrogens is 226 g/mol. The van der Waals surface area contributed by atoms with Crippen molar-refractivity contribution >= 4 is 21.6 Å². The Balaban J connectivity index is 0.00000144. The third-order valence-electron chi connectivity index (χ3n) is 2.81. The molecule has 0 aromatic carbocycles. The van der Waals surface area contributed by atoms with Crippen LogP contribution in [0.4, 0.5) is 0 Å². The van der Waals surface area contributed by atoms with E-state index in [0.29, 0.717) is 5.92 Å². The van der Waals surface area contributed by atoms with Gasteiger partial charge >= 0.3 is 0 Å². The Hall–Kier alpha value is -0.890. The van der Waals surface area contributed by atoms with Crippen molar-refractivity contribution < 1.29 is 0 Å². The first-order valence-corrected chi connectivity index (χ1v) is 6.60. The van der Waals surface area contributed by atoms with E-state index in [-0.39, 0.29) is 12.8 Å². The molecule has 0 amide bonds. The average molecular weight is 249 g/mol. The lowest BCUT2D eigenvalue weighted by Crippen LogP contribution is -2.11. The Morgan fingerprint density at radius 1 is 1.24 bits per heavy atom. The summed E-state index contributed by atoms with van der Waals surface area (Å²) >= 11 is 1.90. The van der Waals surface area contributed by atoms with E-state index in [4.69, 9.17) is 0 Å². The Morgan fingerprint density at radius 3 is 2.41 bits per heavy atom. The standard InChI is InChI=1S/C14H19NS.CH4/c1-9(2)12-8-11-13(16-12)10(6-7-15-11)14(3,4)5;/h6-9H,1-5H3;1H4. The number of rotatable bonds is 1. The van der Waals surface area contributed by atoms with E-state index in [9.17, 15) is 0 Å². The van der Waals surface area contributed by atoms with Gasteiger partial charge in [0.05, 0.1) is 10.2 Å². The SMILES string of the molecule is C.CC(C)c1cc2nccc(C(C)(C)C)c2s1.